The molecule has 50 heavy (non-hydrogen) atoms. The van der Waals surface area contributed by atoms with Crippen LogP contribution in [0.1, 0.15) is 70.6 Å². The first kappa shape index (κ1) is 37.6. The number of alkyl halides is 1. The molecule has 11 heteroatoms. The van der Waals surface area contributed by atoms with E-state index >= 15 is 4.39 Å². The van der Waals surface area contributed by atoms with E-state index in [2.05, 4.69) is 5.32 Å². The molecule has 0 spiro atoms. The quantitative estimate of drug-likeness (QED) is 0.201. The number of Topliss-reactive ketones (excluding diaryl/α,β-unsaturated/α-hetero) is 1. The second-order valence-electron chi connectivity index (χ2n) is 15.2. The molecule has 8 N–H and O–H groups in total. The lowest BCUT2D eigenvalue weighted by molar-refractivity contribution is -0.219. The summed E-state index contributed by atoms with van der Waals surface area (Å²) in [6.07, 6.45) is 4.38. The topological polar surface area (TPSA) is 188 Å². The minimum atomic E-state index is -1.98. The van der Waals surface area contributed by atoms with Crippen molar-refractivity contribution in [3.8, 4) is 17.2 Å². The molecule has 0 bridgehead atoms. The van der Waals surface area contributed by atoms with Gasteiger partial charge in [0.25, 0.3) is 0 Å². The minimum Gasteiger partial charge on any atom is -0.508 e. The number of fused-ring (bicyclic) bond motifs is 5. The number of aromatic hydroxyl groups is 3. The molecule has 0 amide bonds. The van der Waals surface area contributed by atoms with E-state index in [4.69, 9.17) is 0 Å². The number of allylic oxidation sites excluding steroid dienone is 4. The van der Waals surface area contributed by atoms with E-state index in [0.717, 1.165) is 12.0 Å². The van der Waals surface area contributed by atoms with Crippen molar-refractivity contribution in [2.45, 2.75) is 89.3 Å². The summed E-state index contributed by atoms with van der Waals surface area (Å²) in [6, 6.07) is 11.2. The average Bonchev–Trinajstić information content (AvgIpc) is 3.26. The molecule has 0 saturated heterocycles. The zero-order chi connectivity index (χ0) is 36.8. The van der Waals surface area contributed by atoms with Crippen LogP contribution in [0.3, 0.4) is 0 Å². The molecule has 0 aliphatic heterocycles. The Balaban J connectivity index is 0.000000201. The predicted octanol–water partition coefficient (Wildman–Crippen LogP) is 3.95. The largest absolute Gasteiger partial charge is 0.508 e. The highest BCUT2D eigenvalue weighted by molar-refractivity contribution is 6.01. The second kappa shape index (κ2) is 13.8. The first-order valence-electron chi connectivity index (χ1n) is 17.3. The van der Waals surface area contributed by atoms with Crippen LogP contribution in [-0.2, 0) is 16.0 Å². The van der Waals surface area contributed by atoms with Gasteiger partial charge in [0.15, 0.2) is 17.2 Å². The molecule has 272 valence electrons. The average molecular weight is 696 g/mol. The number of carbonyl (C=O) groups excluding carboxylic acids is 2. The van der Waals surface area contributed by atoms with Gasteiger partial charge < -0.3 is 41.1 Å². The first-order valence-corrected chi connectivity index (χ1v) is 17.3. The van der Waals surface area contributed by atoms with E-state index in [9.17, 15) is 45.3 Å². The van der Waals surface area contributed by atoms with Gasteiger partial charge in [0, 0.05) is 35.4 Å². The first-order chi connectivity index (χ1) is 23.4. The Kier molecular flexibility index (Phi) is 10.4. The lowest BCUT2D eigenvalue weighted by atomic mass is 9.44. The van der Waals surface area contributed by atoms with Gasteiger partial charge in [-0.1, -0.05) is 37.6 Å². The number of ketones is 2. The van der Waals surface area contributed by atoms with Crippen LogP contribution in [0.4, 0.5) is 4.39 Å². The van der Waals surface area contributed by atoms with E-state index in [1.165, 1.54) is 30.4 Å². The summed E-state index contributed by atoms with van der Waals surface area (Å²) in [7, 11) is 0. The Labute approximate surface area is 292 Å². The Hall–Kier alpha value is -3.61. The number of aliphatic hydroxyl groups excluding tert-OH is 3. The van der Waals surface area contributed by atoms with Crippen LogP contribution in [0.2, 0.25) is 0 Å². The minimum absolute atomic E-state index is 0.0676. The monoisotopic (exact) mass is 695 g/mol. The third kappa shape index (κ3) is 6.28. The van der Waals surface area contributed by atoms with Gasteiger partial charge in [-0.25, -0.2) is 4.39 Å². The third-order valence-corrected chi connectivity index (χ3v) is 12.2. The number of carbonyl (C=O) groups is 2. The van der Waals surface area contributed by atoms with Gasteiger partial charge in [-0.05, 0) is 105 Å². The Morgan fingerprint density at radius 2 is 1.68 bits per heavy atom. The molecule has 0 radical (unpaired) electrons. The van der Waals surface area contributed by atoms with E-state index in [1.54, 1.807) is 39.0 Å². The number of rotatable bonds is 8. The van der Waals surface area contributed by atoms with Crippen molar-refractivity contribution in [1.82, 2.24) is 5.32 Å². The summed E-state index contributed by atoms with van der Waals surface area (Å²) in [6.45, 7) is 6.79. The van der Waals surface area contributed by atoms with Crippen molar-refractivity contribution in [3.63, 3.8) is 0 Å². The molecule has 6 rings (SSSR count). The molecule has 3 saturated carbocycles. The van der Waals surface area contributed by atoms with Gasteiger partial charge in [0.05, 0.1) is 12.2 Å². The van der Waals surface area contributed by atoms with Crippen LogP contribution in [0.25, 0.3) is 0 Å². The number of nitrogens with one attached hydrogen (secondary N) is 1. The second-order valence-corrected chi connectivity index (χ2v) is 15.2. The normalized spacial score (nSPS) is 35.5. The molecular weight excluding hydrogens is 645 g/mol. The highest BCUT2D eigenvalue weighted by atomic mass is 19.1. The molecule has 4 aliphatic carbocycles. The van der Waals surface area contributed by atoms with Gasteiger partial charge in [0.2, 0.25) is 0 Å². The number of halogens is 1. The summed E-state index contributed by atoms with van der Waals surface area (Å²) in [5, 5.41) is 73.4. The number of phenols is 3. The Bertz CT molecular complexity index is 1640. The maximum atomic E-state index is 16.9. The molecule has 10 nitrogen and oxygen atoms in total. The molecule has 10 atom stereocenters. The van der Waals surface area contributed by atoms with Gasteiger partial charge in [-0.3, -0.25) is 9.59 Å². The van der Waals surface area contributed by atoms with Crippen molar-refractivity contribution in [2.75, 3.05) is 13.2 Å². The molecule has 0 aromatic heterocycles. The van der Waals surface area contributed by atoms with Crippen LogP contribution >= 0.6 is 0 Å². The molecule has 0 heterocycles. The fourth-order valence-corrected chi connectivity index (χ4v) is 9.56. The van der Waals surface area contributed by atoms with Crippen LogP contribution in [0.15, 0.2) is 66.3 Å². The van der Waals surface area contributed by atoms with Crippen LogP contribution in [-0.4, -0.2) is 83.9 Å². The summed E-state index contributed by atoms with van der Waals surface area (Å²) in [4.78, 5) is 24.4. The smallest absolute Gasteiger partial charge is 0.190 e. The SMILES string of the molecule is CC(Cc1ccc(O)cc1)NCC(O)c1cc(O)cc(O)c1.C[C@@H]1C[C@H]2[C@@H]3CCC4=CC(=O)C=C[C@]4(C)[C@@]3(F)[C@@H](O)C[C@]2(C)[C@@]1(O)C(=O)CO. The number of phenolic OH excluding ortho intramolecular Hbond substituents is 3. The fraction of sp³-hybridized carbons (Fsp3) is 0.538. The lowest BCUT2D eigenvalue weighted by Gasteiger charge is -2.62. The maximum absolute atomic E-state index is 16.9. The van der Waals surface area contributed by atoms with Gasteiger partial charge >= 0.3 is 0 Å². The highest BCUT2D eigenvalue weighted by Crippen LogP contribution is 2.70. The summed E-state index contributed by atoms with van der Waals surface area (Å²) in [5.74, 6) is -2.04. The van der Waals surface area contributed by atoms with Gasteiger partial charge in [-0.15, -0.1) is 0 Å². The number of benzene rings is 2. The zero-order valence-corrected chi connectivity index (χ0v) is 29.0. The van der Waals surface area contributed by atoms with Crippen molar-refractivity contribution >= 4 is 11.6 Å². The molecule has 2 unspecified atom stereocenters. The summed E-state index contributed by atoms with van der Waals surface area (Å²) >= 11 is 0. The van der Waals surface area contributed by atoms with Crippen LogP contribution in [0, 0.1) is 28.6 Å². The Morgan fingerprint density at radius 3 is 2.30 bits per heavy atom. The molecule has 3 fully saturated rings. The van der Waals surface area contributed by atoms with Gasteiger partial charge in [0.1, 0.15) is 29.5 Å². The third-order valence-electron chi connectivity index (χ3n) is 12.2. The Morgan fingerprint density at radius 1 is 1.04 bits per heavy atom. The summed E-state index contributed by atoms with van der Waals surface area (Å²) < 4.78 is 16.9. The maximum Gasteiger partial charge on any atom is 0.190 e. The lowest BCUT2D eigenvalue weighted by Crippen LogP contribution is -2.69. The standard InChI is InChI=1S/C22H29FO5.C17H21NO4/c1-12-8-16-15-5-4-13-9-14(25)6-7-19(13,2)21(15,23)17(26)10-20(16,3)22(12,28)18(27)11-24;1-11(6-12-2-4-14(19)5-3-12)18-10-17(22)13-7-15(20)9-16(21)8-13/h6-7,9,12,15-17,24,26,28H,4-5,8,10-11H2,1-3H3;2-5,7-9,11,17-22H,6,10H2,1H3/t12-,15+,16+,17+,19+,20+,21+,22+;/m1./s1. The molecule has 2 aromatic carbocycles. The van der Waals surface area contributed by atoms with Gasteiger partial charge in [-0.2, -0.15) is 0 Å². The van der Waals surface area contributed by atoms with E-state index in [-0.39, 0.29) is 41.4 Å². The van der Waals surface area contributed by atoms with Crippen molar-refractivity contribution in [3.05, 3.63) is 77.4 Å². The zero-order valence-electron chi connectivity index (χ0n) is 29.0. The number of aliphatic hydroxyl groups is 4. The van der Waals surface area contributed by atoms with Crippen LogP contribution < -0.4 is 5.32 Å². The fourth-order valence-electron chi connectivity index (χ4n) is 9.56. The van der Waals surface area contributed by atoms with E-state index in [1.807, 2.05) is 19.1 Å². The van der Waals surface area contributed by atoms with Crippen molar-refractivity contribution in [2.24, 2.45) is 28.6 Å². The highest BCUT2D eigenvalue weighted by Gasteiger charge is 2.75. The van der Waals surface area contributed by atoms with E-state index < -0.39 is 58.5 Å². The predicted molar refractivity (Wildman–Crippen MR) is 184 cm³/mol. The number of hydrogen-bond donors (Lipinski definition) is 8. The van der Waals surface area contributed by atoms with Crippen molar-refractivity contribution in [1.29, 1.82) is 0 Å². The summed E-state index contributed by atoms with van der Waals surface area (Å²) in [5.41, 5.74) is -3.62. The molecule has 2 aromatic rings. The molecular formula is C39H50FNO9. The number of hydrogen-bond acceptors (Lipinski definition) is 10. The van der Waals surface area contributed by atoms with Crippen molar-refractivity contribution < 1.29 is 49.7 Å². The molecule has 4 aliphatic rings. The van der Waals surface area contributed by atoms with Crippen LogP contribution in [0.5, 0.6) is 17.2 Å². The van der Waals surface area contributed by atoms with E-state index in [0.29, 0.717) is 36.9 Å².